The van der Waals surface area contributed by atoms with Crippen molar-refractivity contribution < 1.29 is 28.0 Å². The summed E-state index contributed by atoms with van der Waals surface area (Å²) >= 11 is 7.70. The molecule has 0 bridgehead atoms. The molecule has 0 spiro atoms. The summed E-state index contributed by atoms with van der Waals surface area (Å²) in [5.74, 6) is -1.16. The molecular weight excluding hydrogens is 836 g/mol. The van der Waals surface area contributed by atoms with Crippen molar-refractivity contribution in [3.8, 4) is 11.1 Å². The summed E-state index contributed by atoms with van der Waals surface area (Å²) in [6, 6.07) is 35.9. The first-order chi connectivity index (χ1) is 29.3. The van der Waals surface area contributed by atoms with Crippen LogP contribution >= 0.6 is 23.4 Å². The van der Waals surface area contributed by atoms with Crippen molar-refractivity contribution in [3.05, 3.63) is 148 Å². The van der Waals surface area contributed by atoms with E-state index in [1.165, 1.54) is 23.3 Å². The summed E-state index contributed by atoms with van der Waals surface area (Å²) in [5.41, 5.74) is 4.25. The van der Waals surface area contributed by atoms with Crippen molar-refractivity contribution in [3.63, 3.8) is 0 Å². The maximum Gasteiger partial charge on any atom is 0.303 e. The molecule has 0 aromatic heterocycles. The quantitative estimate of drug-likeness (QED) is 0.0391. The topological polar surface area (TPSA) is 165 Å². The molecule has 1 heterocycles. The van der Waals surface area contributed by atoms with Crippen LogP contribution in [-0.2, 0) is 21.4 Å². The zero-order chi connectivity index (χ0) is 43.4. The van der Waals surface area contributed by atoms with E-state index in [0.29, 0.717) is 36.7 Å². The number of carbonyl (C=O) groups excluding carboxylic acids is 1. The molecule has 1 aliphatic heterocycles. The Labute approximate surface area is 365 Å². The first-order valence-corrected chi connectivity index (χ1v) is 22.8. The molecule has 320 valence electrons. The number of sulfonamides is 1. The van der Waals surface area contributed by atoms with E-state index in [1.54, 1.807) is 36.0 Å². The summed E-state index contributed by atoms with van der Waals surface area (Å²) in [5, 5.41) is 25.2. The number of rotatable bonds is 20. The van der Waals surface area contributed by atoms with Crippen LogP contribution in [0, 0.1) is 10.1 Å². The Morgan fingerprint density at radius 3 is 2.28 bits per heavy atom. The fourth-order valence-electron chi connectivity index (χ4n) is 7.11. The first-order valence-electron chi connectivity index (χ1n) is 20.0. The molecule has 3 N–H and O–H groups in total. The standard InChI is InChI=1S/C45H49ClN6O7S2/c1-49(24-7-12-44(53)54)25-23-37(32-60-39-9-3-2-4-10-39)47-42-22-21-40(30-43(42)52(56)57)61(58,59)48-45(55)34-15-19-38(20-16-34)51-28-26-50(27-29-51)31-35-8-5-6-11-41(35)33-13-17-36(46)18-14-33/h2-6,8-11,13-22,30,37,47H,7,12,23-29,31-32H2,1H3,(H,48,55)(H,53,54). The number of carboxylic acids is 1. The SMILES string of the molecule is CN(CCCC(=O)O)CCC(CSc1ccccc1)Nc1ccc(S(=O)(=O)NC(=O)c2ccc(N3CCN(Cc4ccccc4-c4ccc(Cl)cc4)CC3)cc2)cc1[N+](=O)[O-]. The number of thioether (sulfide) groups is 1. The van der Waals surface area contributed by atoms with Gasteiger partial charge >= 0.3 is 5.97 Å². The summed E-state index contributed by atoms with van der Waals surface area (Å²) in [6.45, 7) is 5.17. The second-order valence-electron chi connectivity index (χ2n) is 14.9. The largest absolute Gasteiger partial charge is 0.481 e. The Morgan fingerprint density at radius 2 is 1.59 bits per heavy atom. The minimum absolute atomic E-state index is 0.0624. The van der Waals surface area contributed by atoms with E-state index in [-0.39, 0.29) is 23.7 Å². The van der Waals surface area contributed by atoms with Crippen LogP contribution in [0.3, 0.4) is 0 Å². The normalized spacial score (nSPS) is 13.8. The van der Waals surface area contributed by atoms with E-state index in [2.05, 4.69) is 38.0 Å². The average Bonchev–Trinajstić information content (AvgIpc) is 3.25. The molecule has 13 nitrogen and oxygen atoms in total. The smallest absolute Gasteiger partial charge is 0.303 e. The number of nitrogens with one attached hydrogen (secondary N) is 2. The second-order valence-corrected chi connectivity index (χ2v) is 18.1. The number of benzene rings is 5. The number of carbonyl (C=O) groups is 2. The van der Waals surface area contributed by atoms with Gasteiger partial charge in [-0.3, -0.25) is 24.6 Å². The number of amides is 1. The van der Waals surface area contributed by atoms with E-state index >= 15 is 0 Å². The third-order valence-corrected chi connectivity index (χ3v) is 13.2. The average molecular weight is 886 g/mol. The van der Waals surface area contributed by atoms with Gasteiger partial charge in [0.2, 0.25) is 0 Å². The molecule has 1 fully saturated rings. The van der Waals surface area contributed by atoms with Crippen LogP contribution in [0.5, 0.6) is 0 Å². The van der Waals surface area contributed by atoms with E-state index in [1.807, 2.05) is 72.6 Å². The van der Waals surface area contributed by atoms with Gasteiger partial charge in [-0.1, -0.05) is 66.2 Å². The van der Waals surface area contributed by atoms with Gasteiger partial charge in [-0.25, -0.2) is 13.1 Å². The Balaban J connectivity index is 1.06. The third kappa shape index (κ3) is 13.0. The molecule has 6 rings (SSSR count). The number of hydrogen-bond donors (Lipinski definition) is 3. The van der Waals surface area contributed by atoms with Crippen molar-refractivity contribution >= 4 is 62.3 Å². The molecule has 5 aromatic carbocycles. The molecule has 1 unspecified atom stereocenters. The molecule has 0 aliphatic carbocycles. The predicted octanol–water partition coefficient (Wildman–Crippen LogP) is 8.12. The number of carboxylic acid groups (broad SMARTS) is 1. The second kappa shape index (κ2) is 21.4. The summed E-state index contributed by atoms with van der Waals surface area (Å²) < 4.78 is 29.0. The number of aliphatic carboxylic acids is 1. The highest BCUT2D eigenvalue weighted by molar-refractivity contribution is 7.99. The first kappa shape index (κ1) is 45.1. The van der Waals surface area contributed by atoms with Crippen LogP contribution in [0.25, 0.3) is 11.1 Å². The summed E-state index contributed by atoms with van der Waals surface area (Å²) in [4.78, 5) is 43.1. The lowest BCUT2D eigenvalue weighted by molar-refractivity contribution is -0.384. The zero-order valence-corrected chi connectivity index (χ0v) is 36.2. The number of nitro groups is 1. The maximum atomic E-state index is 13.4. The zero-order valence-electron chi connectivity index (χ0n) is 33.8. The van der Waals surface area contributed by atoms with Gasteiger partial charge in [0.1, 0.15) is 5.69 Å². The van der Waals surface area contributed by atoms with Gasteiger partial charge in [-0.15, -0.1) is 11.8 Å². The molecule has 1 saturated heterocycles. The van der Waals surface area contributed by atoms with E-state index in [0.717, 1.165) is 54.9 Å². The highest BCUT2D eigenvalue weighted by atomic mass is 35.5. The summed E-state index contributed by atoms with van der Waals surface area (Å²) in [6.07, 6.45) is 1.13. The fraction of sp³-hybridized carbons (Fsp3) is 0.289. The van der Waals surface area contributed by atoms with Crippen molar-refractivity contribution in [1.82, 2.24) is 14.5 Å². The predicted molar refractivity (Wildman–Crippen MR) is 242 cm³/mol. The van der Waals surface area contributed by atoms with Gasteiger partial charge in [0, 0.05) is 78.2 Å². The molecule has 1 atom stereocenters. The highest BCUT2D eigenvalue weighted by Crippen LogP contribution is 2.31. The van der Waals surface area contributed by atoms with Gasteiger partial charge in [0.15, 0.2) is 0 Å². The monoisotopic (exact) mass is 884 g/mol. The number of hydrogen-bond acceptors (Lipinski definition) is 11. The van der Waals surface area contributed by atoms with Gasteiger partial charge in [0.05, 0.1) is 9.82 Å². The Bertz CT molecular complexity index is 2380. The van der Waals surface area contributed by atoms with Gasteiger partial charge in [0.25, 0.3) is 21.6 Å². The number of nitro benzene ring substituents is 1. The van der Waals surface area contributed by atoms with E-state index in [9.17, 15) is 28.1 Å². The van der Waals surface area contributed by atoms with Crippen molar-refractivity contribution in [1.29, 1.82) is 0 Å². The van der Waals surface area contributed by atoms with E-state index in [4.69, 9.17) is 16.7 Å². The van der Waals surface area contributed by atoms with Crippen molar-refractivity contribution in [2.45, 2.75) is 41.6 Å². The minimum Gasteiger partial charge on any atom is -0.481 e. The van der Waals surface area contributed by atoms with Gasteiger partial charge in [-0.2, -0.15) is 0 Å². The fourth-order valence-corrected chi connectivity index (χ4v) is 9.22. The number of anilines is 2. The van der Waals surface area contributed by atoms with Crippen LogP contribution in [-0.4, -0.2) is 98.2 Å². The van der Waals surface area contributed by atoms with Gasteiger partial charge < -0.3 is 20.2 Å². The lowest BCUT2D eigenvalue weighted by Crippen LogP contribution is -2.46. The molecule has 0 radical (unpaired) electrons. The molecule has 0 saturated carbocycles. The van der Waals surface area contributed by atoms with Crippen LogP contribution in [0.1, 0.15) is 35.2 Å². The van der Waals surface area contributed by atoms with Crippen molar-refractivity contribution in [2.24, 2.45) is 0 Å². The highest BCUT2D eigenvalue weighted by Gasteiger charge is 2.26. The van der Waals surface area contributed by atoms with Crippen molar-refractivity contribution in [2.75, 3.05) is 62.3 Å². The van der Waals surface area contributed by atoms with Crippen LogP contribution < -0.4 is 14.9 Å². The summed E-state index contributed by atoms with van der Waals surface area (Å²) in [7, 11) is -2.59. The molecule has 16 heteroatoms. The van der Waals surface area contributed by atoms with E-state index < -0.39 is 37.4 Å². The lowest BCUT2D eigenvalue weighted by atomic mass is 9.99. The Hall–Kier alpha value is -5.45. The third-order valence-electron chi connectivity index (χ3n) is 10.5. The number of halogens is 1. The minimum atomic E-state index is -4.48. The molecule has 1 amide bonds. The Morgan fingerprint density at radius 1 is 0.902 bits per heavy atom. The molecule has 5 aromatic rings. The number of nitrogens with zero attached hydrogens (tertiary/aromatic N) is 4. The van der Waals surface area contributed by atoms with Gasteiger partial charge in [-0.05, 0) is 110 Å². The molecular formula is C45H49ClN6O7S2. The van der Waals surface area contributed by atoms with Crippen LogP contribution in [0.15, 0.2) is 131 Å². The van der Waals surface area contributed by atoms with Crippen LogP contribution in [0.2, 0.25) is 5.02 Å². The number of piperazine rings is 1. The van der Waals surface area contributed by atoms with Crippen LogP contribution in [0.4, 0.5) is 17.1 Å². The lowest BCUT2D eigenvalue weighted by Gasteiger charge is -2.36. The Kier molecular flexibility index (Phi) is 15.8. The molecule has 1 aliphatic rings. The maximum absolute atomic E-state index is 13.4. The molecule has 61 heavy (non-hydrogen) atoms.